The normalized spacial score (nSPS) is 17.9. The summed E-state index contributed by atoms with van der Waals surface area (Å²) in [6, 6.07) is 6.22. The van der Waals surface area contributed by atoms with Gasteiger partial charge in [-0.3, -0.25) is 9.69 Å². The predicted molar refractivity (Wildman–Crippen MR) is 83.7 cm³/mol. The number of nitrogens with zero attached hydrogens (tertiary/aromatic N) is 1. The smallest absolute Gasteiger partial charge is 0.151 e. The molecular weight excluding hydrogens is 265 g/mol. The minimum Gasteiger partial charge on any atom is -0.298 e. The zero-order valence-electron chi connectivity index (χ0n) is 13.4. The lowest BCUT2D eigenvalue weighted by atomic mass is 9.75. The molecule has 0 spiro atoms. The zero-order chi connectivity index (χ0) is 15.5. The second-order valence-corrected chi connectivity index (χ2v) is 7.26. The van der Waals surface area contributed by atoms with Crippen LogP contribution in [0.15, 0.2) is 24.3 Å². The third-order valence-corrected chi connectivity index (χ3v) is 4.53. The molecule has 116 valence electrons. The fourth-order valence-electron chi connectivity index (χ4n) is 3.09. The van der Waals surface area contributed by atoms with E-state index in [-0.39, 0.29) is 11.6 Å². The number of carbonyl (C=O) groups is 1. The van der Waals surface area contributed by atoms with Gasteiger partial charge in [-0.25, -0.2) is 4.39 Å². The SMILES string of the molecule is CC(C)(C)C1CCN(CC(=O)Cc2ccc(F)cc2)CC1. The third kappa shape index (κ3) is 4.92. The molecule has 2 nitrogen and oxygen atoms in total. The van der Waals surface area contributed by atoms with Gasteiger partial charge in [0.2, 0.25) is 0 Å². The fourth-order valence-corrected chi connectivity index (χ4v) is 3.09. The Morgan fingerprint density at radius 3 is 2.29 bits per heavy atom. The van der Waals surface area contributed by atoms with Gasteiger partial charge < -0.3 is 0 Å². The number of ketones is 1. The summed E-state index contributed by atoms with van der Waals surface area (Å²) in [6.45, 7) is 9.44. The molecule has 1 aromatic carbocycles. The van der Waals surface area contributed by atoms with Crippen LogP contribution in [-0.2, 0) is 11.2 Å². The first-order valence-electron chi connectivity index (χ1n) is 7.83. The van der Waals surface area contributed by atoms with Gasteiger partial charge in [-0.15, -0.1) is 0 Å². The molecule has 21 heavy (non-hydrogen) atoms. The van der Waals surface area contributed by atoms with Crippen LogP contribution >= 0.6 is 0 Å². The lowest BCUT2D eigenvalue weighted by Gasteiger charge is -2.38. The molecule has 0 bridgehead atoms. The van der Waals surface area contributed by atoms with Gasteiger partial charge in [0.1, 0.15) is 5.82 Å². The first kappa shape index (κ1) is 16.2. The van der Waals surface area contributed by atoms with Gasteiger partial charge in [-0.1, -0.05) is 32.9 Å². The van der Waals surface area contributed by atoms with Gasteiger partial charge in [0, 0.05) is 6.42 Å². The quantitative estimate of drug-likeness (QED) is 0.843. The average molecular weight is 291 g/mol. The number of hydrogen-bond acceptors (Lipinski definition) is 2. The number of benzene rings is 1. The number of likely N-dealkylation sites (tertiary alicyclic amines) is 1. The maximum Gasteiger partial charge on any atom is 0.151 e. The Morgan fingerprint density at radius 1 is 1.19 bits per heavy atom. The molecule has 1 aliphatic heterocycles. The van der Waals surface area contributed by atoms with E-state index in [1.165, 1.54) is 25.0 Å². The maximum atomic E-state index is 12.8. The molecule has 1 saturated heterocycles. The maximum absolute atomic E-state index is 12.8. The number of rotatable bonds is 4. The Labute approximate surface area is 127 Å². The van der Waals surface area contributed by atoms with Crippen molar-refractivity contribution in [2.45, 2.75) is 40.0 Å². The lowest BCUT2D eigenvalue weighted by Crippen LogP contribution is -2.40. The summed E-state index contributed by atoms with van der Waals surface area (Å²) in [7, 11) is 0. The highest BCUT2D eigenvalue weighted by molar-refractivity contribution is 5.82. The van der Waals surface area contributed by atoms with Crippen molar-refractivity contribution in [3.8, 4) is 0 Å². The summed E-state index contributed by atoms with van der Waals surface area (Å²) in [6.07, 6.45) is 2.75. The summed E-state index contributed by atoms with van der Waals surface area (Å²) < 4.78 is 12.8. The number of carbonyl (C=O) groups excluding carboxylic acids is 1. The lowest BCUT2D eigenvalue weighted by molar-refractivity contribution is -0.120. The van der Waals surface area contributed by atoms with Gasteiger partial charge >= 0.3 is 0 Å². The van der Waals surface area contributed by atoms with E-state index in [2.05, 4.69) is 25.7 Å². The van der Waals surface area contributed by atoms with Crippen LogP contribution < -0.4 is 0 Å². The molecule has 1 fully saturated rings. The molecule has 0 unspecified atom stereocenters. The second-order valence-electron chi connectivity index (χ2n) is 7.26. The Balaban J connectivity index is 1.78. The molecular formula is C18H26FNO. The molecule has 0 saturated carbocycles. The summed E-state index contributed by atoms with van der Waals surface area (Å²) in [4.78, 5) is 14.4. The van der Waals surface area contributed by atoms with Crippen LogP contribution in [0.25, 0.3) is 0 Å². The monoisotopic (exact) mass is 291 g/mol. The fraction of sp³-hybridized carbons (Fsp3) is 0.611. The van der Waals surface area contributed by atoms with Crippen LogP contribution in [0.4, 0.5) is 4.39 Å². The van der Waals surface area contributed by atoms with Gasteiger partial charge in [0.25, 0.3) is 0 Å². The minimum absolute atomic E-state index is 0.218. The van der Waals surface area contributed by atoms with Crippen molar-refractivity contribution in [1.29, 1.82) is 0 Å². The molecule has 0 atom stereocenters. The molecule has 0 radical (unpaired) electrons. The Hall–Kier alpha value is -1.22. The highest BCUT2D eigenvalue weighted by Gasteiger charge is 2.29. The van der Waals surface area contributed by atoms with E-state index in [1.54, 1.807) is 12.1 Å². The summed E-state index contributed by atoms with van der Waals surface area (Å²) in [5.74, 6) is 0.715. The van der Waals surface area contributed by atoms with E-state index in [1.807, 2.05) is 0 Å². The molecule has 2 rings (SSSR count). The Kier molecular flexibility index (Phi) is 5.15. The van der Waals surface area contributed by atoms with Crippen LogP contribution in [-0.4, -0.2) is 30.3 Å². The van der Waals surface area contributed by atoms with Crippen LogP contribution in [0.3, 0.4) is 0 Å². The van der Waals surface area contributed by atoms with Crippen molar-refractivity contribution in [2.24, 2.45) is 11.3 Å². The minimum atomic E-state index is -0.254. The van der Waals surface area contributed by atoms with E-state index in [4.69, 9.17) is 0 Å². The van der Waals surface area contributed by atoms with Crippen molar-refractivity contribution in [2.75, 3.05) is 19.6 Å². The highest BCUT2D eigenvalue weighted by atomic mass is 19.1. The Bertz CT molecular complexity index is 467. The number of Topliss-reactive ketones (excluding diaryl/α,β-unsaturated/α-hetero) is 1. The molecule has 1 aromatic rings. The molecule has 1 aliphatic rings. The van der Waals surface area contributed by atoms with Gasteiger partial charge in [-0.2, -0.15) is 0 Å². The predicted octanol–water partition coefficient (Wildman–Crippen LogP) is 3.70. The average Bonchev–Trinajstić information content (AvgIpc) is 2.41. The first-order chi connectivity index (χ1) is 9.84. The van der Waals surface area contributed by atoms with Crippen LogP contribution in [0, 0.1) is 17.2 Å². The standard InChI is InChI=1S/C18H26FNO/c1-18(2,3)15-8-10-20(11-9-15)13-17(21)12-14-4-6-16(19)7-5-14/h4-7,15H,8-13H2,1-3H3. The van der Waals surface area contributed by atoms with E-state index < -0.39 is 0 Å². The van der Waals surface area contributed by atoms with Gasteiger partial charge in [0.05, 0.1) is 6.54 Å². The van der Waals surface area contributed by atoms with Gasteiger partial charge in [-0.05, 0) is 55.0 Å². The molecule has 0 amide bonds. The molecule has 1 heterocycles. The third-order valence-electron chi connectivity index (χ3n) is 4.53. The van der Waals surface area contributed by atoms with Crippen LogP contribution in [0.1, 0.15) is 39.2 Å². The highest BCUT2D eigenvalue weighted by Crippen LogP contribution is 2.34. The zero-order valence-corrected chi connectivity index (χ0v) is 13.4. The molecule has 0 aliphatic carbocycles. The van der Waals surface area contributed by atoms with Crippen molar-refractivity contribution in [1.82, 2.24) is 4.90 Å². The van der Waals surface area contributed by atoms with E-state index >= 15 is 0 Å². The molecule has 0 aromatic heterocycles. The van der Waals surface area contributed by atoms with E-state index in [0.717, 1.165) is 24.6 Å². The van der Waals surface area contributed by atoms with E-state index in [0.29, 0.717) is 18.4 Å². The van der Waals surface area contributed by atoms with Gasteiger partial charge in [0.15, 0.2) is 5.78 Å². The summed E-state index contributed by atoms with van der Waals surface area (Å²) in [5.41, 5.74) is 1.26. The Morgan fingerprint density at radius 2 is 1.76 bits per heavy atom. The van der Waals surface area contributed by atoms with Crippen LogP contribution in [0.2, 0.25) is 0 Å². The van der Waals surface area contributed by atoms with Crippen molar-refractivity contribution in [3.05, 3.63) is 35.6 Å². The molecule has 0 N–H and O–H groups in total. The summed E-state index contributed by atoms with van der Waals surface area (Å²) in [5, 5.41) is 0. The summed E-state index contributed by atoms with van der Waals surface area (Å²) >= 11 is 0. The van der Waals surface area contributed by atoms with E-state index in [9.17, 15) is 9.18 Å². The largest absolute Gasteiger partial charge is 0.298 e. The number of piperidine rings is 1. The second kappa shape index (κ2) is 6.69. The van der Waals surface area contributed by atoms with Crippen LogP contribution in [0.5, 0.6) is 0 Å². The van der Waals surface area contributed by atoms with Crippen molar-refractivity contribution < 1.29 is 9.18 Å². The van der Waals surface area contributed by atoms with Crippen molar-refractivity contribution in [3.63, 3.8) is 0 Å². The number of hydrogen-bond donors (Lipinski definition) is 0. The van der Waals surface area contributed by atoms with Crippen molar-refractivity contribution >= 4 is 5.78 Å². The number of halogens is 1. The topological polar surface area (TPSA) is 20.3 Å². The first-order valence-corrected chi connectivity index (χ1v) is 7.83. The molecule has 3 heteroatoms.